The van der Waals surface area contributed by atoms with Crippen LogP contribution in [0.2, 0.25) is 0 Å². The molecule has 2 heterocycles. The van der Waals surface area contributed by atoms with Gasteiger partial charge in [0.1, 0.15) is 0 Å². The van der Waals surface area contributed by atoms with Crippen molar-refractivity contribution in [2.24, 2.45) is 0 Å². The van der Waals surface area contributed by atoms with Gasteiger partial charge in [0.05, 0.1) is 10.9 Å². The lowest BCUT2D eigenvalue weighted by Gasteiger charge is -2.14. The van der Waals surface area contributed by atoms with Gasteiger partial charge in [-0.2, -0.15) is 0 Å². The number of rotatable bonds is 4. The Morgan fingerprint density at radius 1 is 1.28 bits per heavy atom. The molecule has 3 rings (SSSR count). The van der Waals surface area contributed by atoms with Crippen LogP contribution in [0.4, 0.5) is 0 Å². The van der Waals surface area contributed by atoms with Gasteiger partial charge in [0, 0.05) is 17.6 Å². The number of benzene rings is 1. The summed E-state index contributed by atoms with van der Waals surface area (Å²) in [4.78, 5) is 37.4. The fraction of sp³-hybridized carbons (Fsp3) is 0.412. The van der Waals surface area contributed by atoms with Crippen molar-refractivity contribution in [3.63, 3.8) is 0 Å². The molecule has 132 valence electrons. The Bertz CT molecular complexity index is 1070. The molecule has 3 aromatic rings. The summed E-state index contributed by atoms with van der Waals surface area (Å²) >= 11 is 0. The minimum atomic E-state index is -0.450. The molecule has 25 heavy (non-hydrogen) atoms. The van der Waals surface area contributed by atoms with E-state index in [2.05, 4.69) is 15.5 Å². The van der Waals surface area contributed by atoms with Crippen LogP contribution in [-0.4, -0.2) is 31.1 Å². The normalized spacial score (nSPS) is 12.8. The largest absolute Gasteiger partial charge is 0.350 e. The van der Waals surface area contributed by atoms with E-state index in [1.54, 1.807) is 18.2 Å². The van der Waals surface area contributed by atoms with Crippen molar-refractivity contribution in [1.29, 1.82) is 0 Å². The van der Waals surface area contributed by atoms with Gasteiger partial charge in [-0.1, -0.05) is 6.92 Å². The maximum Gasteiger partial charge on any atom is 0.349 e. The summed E-state index contributed by atoms with van der Waals surface area (Å²) in [5.74, 6) is -0.00836. The summed E-state index contributed by atoms with van der Waals surface area (Å²) in [7, 11) is 0. The molecule has 0 aliphatic carbocycles. The predicted octanol–water partition coefficient (Wildman–Crippen LogP) is 1.45. The van der Waals surface area contributed by atoms with Crippen molar-refractivity contribution >= 4 is 22.6 Å². The third-order valence-corrected chi connectivity index (χ3v) is 4.33. The standard InChI is InChI=1S/C17H21N5O3/c1-5-10(4)18-14(23)11-6-7-12-13(8-11)22-16(19-20-17(22)25)21(9(2)3)15(12)24/h6-10H,5H2,1-4H3,(H,18,23)(H,20,25). The van der Waals surface area contributed by atoms with Gasteiger partial charge >= 0.3 is 5.69 Å². The highest BCUT2D eigenvalue weighted by Crippen LogP contribution is 2.16. The summed E-state index contributed by atoms with van der Waals surface area (Å²) in [6.07, 6.45) is 0.809. The van der Waals surface area contributed by atoms with Gasteiger partial charge in [-0.3, -0.25) is 14.2 Å². The Kier molecular flexibility index (Phi) is 4.20. The molecule has 0 aliphatic heterocycles. The topological polar surface area (TPSA) is 101 Å². The van der Waals surface area contributed by atoms with Crippen LogP contribution in [0.1, 0.15) is 50.5 Å². The monoisotopic (exact) mass is 343 g/mol. The molecule has 1 unspecified atom stereocenters. The predicted molar refractivity (Wildman–Crippen MR) is 95.2 cm³/mol. The quantitative estimate of drug-likeness (QED) is 0.748. The van der Waals surface area contributed by atoms with Crippen molar-refractivity contribution < 1.29 is 4.79 Å². The van der Waals surface area contributed by atoms with Crippen molar-refractivity contribution in [2.45, 2.75) is 46.2 Å². The highest BCUT2D eigenvalue weighted by Gasteiger charge is 2.18. The van der Waals surface area contributed by atoms with E-state index in [-0.39, 0.29) is 29.3 Å². The van der Waals surface area contributed by atoms with Crippen LogP contribution < -0.4 is 16.6 Å². The molecule has 0 aliphatic rings. The highest BCUT2D eigenvalue weighted by molar-refractivity contribution is 5.98. The fourth-order valence-electron chi connectivity index (χ4n) is 2.80. The first-order valence-electron chi connectivity index (χ1n) is 8.31. The van der Waals surface area contributed by atoms with E-state index in [1.807, 2.05) is 27.7 Å². The van der Waals surface area contributed by atoms with E-state index >= 15 is 0 Å². The molecule has 1 amide bonds. The first-order chi connectivity index (χ1) is 11.8. The first kappa shape index (κ1) is 16.9. The van der Waals surface area contributed by atoms with Gasteiger partial charge < -0.3 is 5.32 Å². The molecule has 1 atom stereocenters. The van der Waals surface area contributed by atoms with Crippen LogP contribution in [0, 0.1) is 0 Å². The Morgan fingerprint density at radius 2 is 2.00 bits per heavy atom. The number of amides is 1. The molecular weight excluding hydrogens is 322 g/mol. The highest BCUT2D eigenvalue weighted by atomic mass is 16.2. The minimum Gasteiger partial charge on any atom is -0.350 e. The summed E-state index contributed by atoms with van der Waals surface area (Å²) in [5, 5.41) is 9.60. The minimum absolute atomic E-state index is 0.0359. The second kappa shape index (κ2) is 6.19. The van der Waals surface area contributed by atoms with E-state index in [4.69, 9.17) is 0 Å². The molecule has 1 aromatic carbocycles. The number of nitrogens with one attached hydrogen (secondary N) is 2. The second-order valence-electron chi connectivity index (χ2n) is 6.45. The molecule has 0 saturated heterocycles. The van der Waals surface area contributed by atoms with E-state index in [0.717, 1.165) is 6.42 Å². The van der Waals surface area contributed by atoms with Crippen LogP contribution in [0.25, 0.3) is 16.7 Å². The average Bonchev–Trinajstić information content (AvgIpc) is 2.95. The van der Waals surface area contributed by atoms with Gasteiger partial charge in [0.2, 0.25) is 5.78 Å². The van der Waals surface area contributed by atoms with Gasteiger partial charge in [-0.25, -0.2) is 14.3 Å². The molecule has 8 heteroatoms. The first-order valence-corrected chi connectivity index (χ1v) is 8.31. The number of fused-ring (bicyclic) bond motifs is 3. The summed E-state index contributed by atoms with van der Waals surface area (Å²) < 4.78 is 2.79. The molecule has 0 radical (unpaired) electrons. The lowest BCUT2D eigenvalue weighted by Crippen LogP contribution is -2.32. The van der Waals surface area contributed by atoms with Crippen LogP contribution in [-0.2, 0) is 0 Å². The molecule has 0 spiro atoms. The Labute approximate surface area is 143 Å². The summed E-state index contributed by atoms with van der Waals surface area (Å²) in [6, 6.07) is 4.62. The maximum absolute atomic E-state index is 12.8. The molecule has 0 saturated carbocycles. The van der Waals surface area contributed by atoms with Crippen molar-refractivity contribution in [3.05, 3.63) is 44.6 Å². The zero-order valence-electron chi connectivity index (χ0n) is 14.7. The number of hydrogen-bond acceptors (Lipinski definition) is 4. The molecule has 2 aromatic heterocycles. The average molecular weight is 343 g/mol. The van der Waals surface area contributed by atoms with Crippen LogP contribution in [0.15, 0.2) is 27.8 Å². The van der Waals surface area contributed by atoms with E-state index in [0.29, 0.717) is 16.5 Å². The van der Waals surface area contributed by atoms with E-state index in [9.17, 15) is 14.4 Å². The van der Waals surface area contributed by atoms with E-state index in [1.165, 1.54) is 8.97 Å². The third kappa shape index (κ3) is 2.73. The number of aromatic nitrogens is 4. The zero-order valence-corrected chi connectivity index (χ0v) is 14.7. The van der Waals surface area contributed by atoms with Crippen LogP contribution in [0.3, 0.4) is 0 Å². The van der Waals surface area contributed by atoms with Gasteiger partial charge in [-0.05, 0) is 45.4 Å². The lowest BCUT2D eigenvalue weighted by atomic mass is 10.1. The molecular formula is C17H21N5O3. The van der Waals surface area contributed by atoms with Crippen LogP contribution in [0.5, 0.6) is 0 Å². The molecule has 0 bridgehead atoms. The van der Waals surface area contributed by atoms with Crippen LogP contribution >= 0.6 is 0 Å². The zero-order chi connectivity index (χ0) is 18.3. The smallest absolute Gasteiger partial charge is 0.349 e. The Hall–Kier alpha value is -2.90. The second-order valence-corrected chi connectivity index (χ2v) is 6.45. The number of H-pyrrole nitrogens is 1. The lowest BCUT2D eigenvalue weighted by molar-refractivity contribution is 0.0939. The van der Waals surface area contributed by atoms with Crippen molar-refractivity contribution in [2.75, 3.05) is 0 Å². The number of carbonyl (C=O) groups is 1. The van der Waals surface area contributed by atoms with Crippen molar-refractivity contribution in [1.82, 2.24) is 24.5 Å². The number of hydrogen-bond donors (Lipinski definition) is 2. The maximum atomic E-state index is 12.8. The van der Waals surface area contributed by atoms with Gasteiger partial charge in [-0.15, -0.1) is 5.10 Å². The summed E-state index contributed by atoms with van der Waals surface area (Å²) in [6.45, 7) is 7.59. The van der Waals surface area contributed by atoms with Gasteiger partial charge in [0.25, 0.3) is 11.5 Å². The number of carbonyl (C=O) groups excluding carboxylic acids is 1. The van der Waals surface area contributed by atoms with E-state index < -0.39 is 5.69 Å². The van der Waals surface area contributed by atoms with Gasteiger partial charge in [0.15, 0.2) is 0 Å². The Morgan fingerprint density at radius 3 is 2.64 bits per heavy atom. The van der Waals surface area contributed by atoms with Crippen molar-refractivity contribution in [3.8, 4) is 0 Å². The molecule has 2 N–H and O–H groups in total. The third-order valence-electron chi connectivity index (χ3n) is 4.33. The number of aromatic amines is 1. The molecule has 8 nitrogen and oxygen atoms in total. The SMILES string of the molecule is CCC(C)NC(=O)c1ccc2c(=O)n(C(C)C)c3n[nH]c(=O)n3c2c1. The summed E-state index contributed by atoms with van der Waals surface area (Å²) in [5.41, 5.74) is 0.0654. The fourth-order valence-corrected chi connectivity index (χ4v) is 2.80. The molecule has 0 fully saturated rings. The number of nitrogens with zero attached hydrogens (tertiary/aromatic N) is 3. The Balaban J connectivity index is 2.30.